The van der Waals surface area contributed by atoms with Crippen molar-refractivity contribution in [2.45, 2.75) is 46.6 Å². The Morgan fingerprint density at radius 3 is 2.07 bits per heavy atom. The van der Waals surface area contributed by atoms with Gasteiger partial charge in [0.2, 0.25) is 0 Å². The van der Waals surface area contributed by atoms with E-state index in [0.29, 0.717) is 5.75 Å². The minimum absolute atomic E-state index is 0.115. The van der Waals surface area contributed by atoms with Gasteiger partial charge >= 0.3 is 0 Å². The Labute approximate surface area is 94.6 Å². The quantitative estimate of drug-likeness (QED) is 0.698. The summed E-state index contributed by atoms with van der Waals surface area (Å²) in [4.78, 5) is 0. The lowest BCUT2D eigenvalue weighted by atomic mass is 10.2. The van der Waals surface area contributed by atoms with Crippen molar-refractivity contribution < 1.29 is 8.42 Å². The fraction of sp³-hybridized carbons (Fsp3) is 1.00. The molecule has 0 aliphatic rings. The summed E-state index contributed by atoms with van der Waals surface area (Å²) in [7, 11) is -2.89. The number of sulfone groups is 1. The van der Waals surface area contributed by atoms with Gasteiger partial charge in [-0.05, 0) is 18.9 Å². The Morgan fingerprint density at radius 1 is 1.07 bits per heavy atom. The highest BCUT2D eigenvalue weighted by molar-refractivity contribution is 7.91. The van der Waals surface area contributed by atoms with Crippen LogP contribution in [0.25, 0.3) is 0 Å². The van der Waals surface area contributed by atoms with Gasteiger partial charge in [-0.2, -0.15) is 0 Å². The average molecular weight is 235 g/mol. The molecule has 0 aliphatic heterocycles. The molecule has 0 saturated carbocycles. The fourth-order valence-electron chi connectivity index (χ4n) is 1.54. The van der Waals surface area contributed by atoms with Crippen molar-refractivity contribution in [3.8, 4) is 0 Å². The Hall–Kier alpha value is -0.0900. The van der Waals surface area contributed by atoms with Crippen molar-refractivity contribution in [3.05, 3.63) is 0 Å². The number of hydrogen-bond acceptors (Lipinski definition) is 3. The zero-order valence-electron chi connectivity index (χ0n) is 10.4. The van der Waals surface area contributed by atoms with Crippen LogP contribution in [0.4, 0.5) is 0 Å². The van der Waals surface area contributed by atoms with Gasteiger partial charge in [-0.1, -0.05) is 34.1 Å². The van der Waals surface area contributed by atoms with Gasteiger partial charge in [-0.3, -0.25) is 0 Å². The van der Waals surface area contributed by atoms with Crippen LogP contribution in [0.3, 0.4) is 0 Å². The first kappa shape index (κ1) is 14.9. The summed E-state index contributed by atoms with van der Waals surface area (Å²) >= 11 is 0. The second-order valence-electron chi connectivity index (χ2n) is 4.25. The maximum atomic E-state index is 11.8. The molecule has 0 heterocycles. The normalized spacial score (nSPS) is 16.3. The summed E-state index contributed by atoms with van der Waals surface area (Å²) < 4.78 is 23.6. The monoisotopic (exact) mass is 235 g/mol. The predicted octanol–water partition coefficient (Wildman–Crippen LogP) is 1.84. The molecule has 0 aromatic rings. The molecule has 0 fully saturated rings. The van der Waals surface area contributed by atoms with Crippen LogP contribution < -0.4 is 5.32 Å². The van der Waals surface area contributed by atoms with Crippen LogP contribution in [0.5, 0.6) is 0 Å². The highest BCUT2D eigenvalue weighted by Crippen LogP contribution is 2.08. The van der Waals surface area contributed by atoms with E-state index in [1.165, 1.54) is 0 Å². The molecule has 15 heavy (non-hydrogen) atoms. The summed E-state index contributed by atoms with van der Waals surface area (Å²) in [5.41, 5.74) is 0. The number of nitrogens with one attached hydrogen (secondary N) is 1. The van der Waals surface area contributed by atoms with Crippen LogP contribution >= 0.6 is 0 Å². The van der Waals surface area contributed by atoms with Crippen LogP contribution in [0.15, 0.2) is 0 Å². The molecule has 0 aromatic carbocycles. The van der Waals surface area contributed by atoms with Crippen molar-refractivity contribution in [1.82, 2.24) is 5.32 Å². The molecule has 0 radical (unpaired) electrons. The summed E-state index contributed by atoms with van der Waals surface area (Å²) in [5.74, 6) is 0.877. The Balaban J connectivity index is 4.22. The molecule has 4 heteroatoms. The molecule has 2 unspecified atom stereocenters. The highest BCUT2D eigenvalue weighted by Gasteiger charge is 2.19. The van der Waals surface area contributed by atoms with Gasteiger partial charge in [-0.15, -0.1) is 0 Å². The minimum Gasteiger partial charge on any atom is -0.313 e. The van der Waals surface area contributed by atoms with Crippen molar-refractivity contribution >= 4 is 9.84 Å². The van der Waals surface area contributed by atoms with E-state index in [0.717, 1.165) is 19.4 Å². The maximum Gasteiger partial charge on any atom is 0.152 e. The van der Waals surface area contributed by atoms with Crippen molar-refractivity contribution in [1.29, 1.82) is 0 Å². The minimum atomic E-state index is -2.89. The molecular formula is C11H25NO2S. The van der Waals surface area contributed by atoms with Crippen molar-refractivity contribution in [3.63, 3.8) is 0 Å². The third kappa shape index (κ3) is 6.90. The Kier molecular flexibility index (Phi) is 7.18. The fourth-order valence-corrected chi connectivity index (χ4v) is 3.74. The SMILES string of the molecule is CCNC(CC)CS(=O)(=O)CC(C)CC. The zero-order valence-corrected chi connectivity index (χ0v) is 11.2. The van der Waals surface area contributed by atoms with E-state index in [9.17, 15) is 8.42 Å². The van der Waals surface area contributed by atoms with Gasteiger partial charge < -0.3 is 5.32 Å². The third-order valence-corrected chi connectivity index (χ3v) is 4.66. The van der Waals surface area contributed by atoms with Crippen LogP contribution in [0.2, 0.25) is 0 Å². The zero-order chi connectivity index (χ0) is 11.9. The standard InChI is InChI=1S/C11H25NO2S/c1-5-10(4)8-15(13,14)9-11(6-2)12-7-3/h10-12H,5-9H2,1-4H3. The van der Waals surface area contributed by atoms with Gasteiger partial charge in [0.05, 0.1) is 11.5 Å². The molecule has 1 N–H and O–H groups in total. The van der Waals surface area contributed by atoms with E-state index in [2.05, 4.69) is 5.32 Å². The van der Waals surface area contributed by atoms with Gasteiger partial charge in [0.25, 0.3) is 0 Å². The van der Waals surface area contributed by atoms with E-state index < -0.39 is 9.84 Å². The molecule has 0 saturated heterocycles. The summed E-state index contributed by atoms with van der Waals surface area (Å²) in [6, 6.07) is 0.115. The predicted molar refractivity (Wildman–Crippen MR) is 65.9 cm³/mol. The molecule has 92 valence electrons. The van der Waals surface area contributed by atoms with Gasteiger partial charge in [0.1, 0.15) is 0 Å². The first-order valence-electron chi connectivity index (χ1n) is 5.88. The topological polar surface area (TPSA) is 46.2 Å². The van der Waals surface area contributed by atoms with Gasteiger partial charge in [0, 0.05) is 6.04 Å². The first-order chi connectivity index (χ1) is 6.95. The molecule has 0 aliphatic carbocycles. The Bertz CT molecular complexity index is 249. The maximum absolute atomic E-state index is 11.8. The van der Waals surface area contributed by atoms with Gasteiger partial charge in [0.15, 0.2) is 9.84 Å². The lowest BCUT2D eigenvalue weighted by Gasteiger charge is -2.17. The van der Waals surface area contributed by atoms with Crippen LogP contribution in [0.1, 0.15) is 40.5 Å². The summed E-state index contributed by atoms with van der Waals surface area (Å²) in [6.07, 6.45) is 1.80. The summed E-state index contributed by atoms with van der Waals surface area (Å²) in [6.45, 7) is 8.88. The number of rotatable bonds is 8. The lowest BCUT2D eigenvalue weighted by molar-refractivity contribution is 0.523. The largest absolute Gasteiger partial charge is 0.313 e. The van der Waals surface area contributed by atoms with Crippen molar-refractivity contribution in [2.24, 2.45) is 5.92 Å². The van der Waals surface area contributed by atoms with E-state index in [4.69, 9.17) is 0 Å². The lowest BCUT2D eigenvalue weighted by Crippen LogP contribution is -2.36. The second-order valence-corrected chi connectivity index (χ2v) is 6.41. The molecule has 0 amide bonds. The van der Waals surface area contributed by atoms with Crippen LogP contribution in [0, 0.1) is 5.92 Å². The van der Waals surface area contributed by atoms with E-state index in [1.807, 2.05) is 27.7 Å². The van der Waals surface area contributed by atoms with Crippen molar-refractivity contribution in [2.75, 3.05) is 18.1 Å². The molecular weight excluding hydrogens is 210 g/mol. The Morgan fingerprint density at radius 2 is 1.67 bits per heavy atom. The van der Waals surface area contributed by atoms with Crippen LogP contribution in [-0.4, -0.2) is 32.5 Å². The molecule has 0 bridgehead atoms. The van der Waals surface area contributed by atoms with E-state index in [-0.39, 0.29) is 17.7 Å². The smallest absolute Gasteiger partial charge is 0.152 e. The van der Waals surface area contributed by atoms with Gasteiger partial charge in [-0.25, -0.2) is 8.42 Å². The summed E-state index contributed by atoms with van der Waals surface area (Å²) in [5, 5.41) is 3.20. The molecule has 0 aromatic heterocycles. The first-order valence-corrected chi connectivity index (χ1v) is 7.71. The van der Waals surface area contributed by atoms with Crippen LogP contribution in [-0.2, 0) is 9.84 Å². The highest BCUT2D eigenvalue weighted by atomic mass is 32.2. The number of hydrogen-bond donors (Lipinski definition) is 1. The van der Waals surface area contributed by atoms with E-state index >= 15 is 0 Å². The molecule has 0 spiro atoms. The molecule has 2 atom stereocenters. The third-order valence-electron chi connectivity index (χ3n) is 2.68. The molecule has 0 rings (SSSR count). The second kappa shape index (κ2) is 7.23. The molecule has 3 nitrogen and oxygen atoms in total. The average Bonchev–Trinajstić information content (AvgIpc) is 2.15. The van der Waals surface area contributed by atoms with E-state index in [1.54, 1.807) is 0 Å².